The molecule has 0 aliphatic rings. The first-order valence-electron chi connectivity index (χ1n) is 6.85. The Morgan fingerprint density at radius 1 is 1.19 bits per heavy atom. The largest absolute Gasteiger partial charge is 0.327 e. The van der Waals surface area contributed by atoms with Crippen molar-refractivity contribution in [2.45, 2.75) is 13.8 Å². The predicted molar refractivity (Wildman–Crippen MR) is 84.6 cm³/mol. The van der Waals surface area contributed by atoms with Crippen LogP contribution in [0.25, 0.3) is 5.65 Å². The molecule has 0 unspecified atom stereocenters. The van der Waals surface area contributed by atoms with Gasteiger partial charge in [0.25, 0.3) is 0 Å². The number of benzene rings is 1. The summed E-state index contributed by atoms with van der Waals surface area (Å²) in [6, 6.07) is 12.0. The van der Waals surface area contributed by atoms with Gasteiger partial charge in [-0.15, -0.1) is 0 Å². The van der Waals surface area contributed by atoms with Gasteiger partial charge in [-0.2, -0.15) is 0 Å². The summed E-state index contributed by atoms with van der Waals surface area (Å²) in [5.41, 5.74) is 4.76. The molecule has 0 spiro atoms. The van der Waals surface area contributed by atoms with Crippen molar-refractivity contribution in [1.29, 1.82) is 0 Å². The molecule has 1 aromatic carbocycles. The first-order chi connectivity index (χ1) is 10.1. The van der Waals surface area contributed by atoms with Gasteiger partial charge in [0, 0.05) is 18.9 Å². The molecule has 0 N–H and O–H groups in total. The van der Waals surface area contributed by atoms with Gasteiger partial charge in [0.1, 0.15) is 11.3 Å². The van der Waals surface area contributed by atoms with Crippen LogP contribution in [-0.2, 0) is 0 Å². The third kappa shape index (κ3) is 2.18. The number of hydrogen-bond acceptors (Lipinski definition) is 3. The van der Waals surface area contributed by atoms with E-state index in [0.29, 0.717) is 11.5 Å². The summed E-state index contributed by atoms with van der Waals surface area (Å²) in [5.74, 6) is 0.670. The highest BCUT2D eigenvalue weighted by molar-refractivity contribution is 5.85. The molecule has 2 heterocycles. The standard InChI is InChI=1S/C17H17N3O/c1-12-7-8-14(13(2)10-12)19(3)17-15(11-21)20-9-5-4-6-16(20)18-17/h4-11H,1-3H3. The number of pyridine rings is 1. The average molecular weight is 279 g/mol. The van der Waals surface area contributed by atoms with Crippen molar-refractivity contribution in [1.82, 2.24) is 9.38 Å². The number of carbonyl (C=O) groups excluding carboxylic acids is 1. The number of aryl methyl sites for hydroxylation is 2. The Bertz CT molecular complexity index is 820. The maximum Gasteiger partial charge on any atom is 0.170 e. The molecule has 0 aliphatic carbocycles. The molecule has 0 fully saturated rings. The monoisotopic (exact) mass is 279 g/mol. The van der Waals surface area contributed by atoms with Gasteiger partial charge in [-0.3, -0.25) is 9.20 Å². The second-order valence-corrected chi connectivity index (χ2v) is 5.22. The summed E-state index contributed by atoms with van der Waals surface area (Å²) in [4.78, 5) is 18.0. The van der Waals surface area contributed by atoms with Gasteiger partial charge in [-0.1, -0.05) is 23.8 Å². The topological polar surface area (TPSA) is 37.6 Å². The number of carbonyl (C=O) groups is 1. The van der Waals surface area contributed by atoms with Crippen LogP contribution in [0, 0.1) is 13.8 Å². The number of fused-ring (bicyclic) bond motifs is 1. The Morgan fingerprint density at radius 2 is 2.00 bits per heavy atom. The first kappa shape index (κ1) is 13.4. The average Bonchev–Trinajstić information content (AvgIpc) is 2.85. The quantitative estimate of drug-likeness (QED) is 0.688. The van der Waals surface area contributed by atoms with E-state index in [0.717, 1.165) is 23.2 Å². The second kappa shape index (κ2) is 5.05. The third-order valence-electron chi connectivity index (χ3n) is 3.69. The van der Waals surface area contributed by atoms with Gasteiger partial charge < -0.3 is 4.90 Å². The van der Waals surface area contributed by atoms with Crippen LogP contribution < -0.4 is 4.90 Å². The maximum atomic E-state index is 11.5. The number of hydrogen-bond donors (Lipinski definition) is 0. The number of aromatic nitrogens is 2. The van der Waals surface area contributed by atoms with Crippen molar-refractivity contribution in [2.75, 3.05) is 11.9 Å². The lowest BCUT2D eigenvalue weighted by atomic mass is 10.1. The van der Waals surface area contributed by atoms with Crippen LogP contribution in [0.5, 0.6) is 0 Å². The third-order valence-corrected chi connectivity index (χ3v) is 3.69. The van der Waals surface area contributed by atoms with E-state index in [-0.39, 0.29) is 0 Å². The van der Waals surface area contributed by atoms with Crippen molar-refractivity contribution in [3.8, 4) is 0 Å². The Labute approximate surface area is 123 Å². The summed E-state index contributed by atoms with van der Waals surface area (Å²) in [6.07, 6.45) is 2.71. The van der Waals surface area contributed by atoms with Gasteiger partial charge in [0.15, 0.2) is 12.1 Å². The number of rotatable bonds is 3. The Kier molecular flexibility index (Phi) is 3.22. The summed E-state index contributed by atoms with van der Waals surface area (Å²) < 4.78 is 1.81. The fourth-order valence-electron chi connectivity index (χ4n) is 2.65. The van der Waals surface area contributed by atoms with E-state index < -0.39 is 0 Å². The van der Waals surface area contributed by atoms with Crippen LogP contribution in [0.3, 0.4) is 0 Å². The summed E-state index contributed by atoms with van der Waals surface area (Å²) in [7, 11) is 1.94. The second-order valence-electron chi connectivity index (χ2n) is 5.22. The minimum absolute atomic E-state index is 0.563. The van der Waals surface area contributed by atoms with E-state index in [1.807, 2.05) is 40.7 Å². The van der Waals surface area contributed by atoms with Crippen LogP contribution in [0.15, 0.2) is 42.6 Å². The number of aldehydes is 1. The predicted octanol–water partition coefficient (Wildman–Crippen LogP) is 3.53. The highest BCUT2D eigenvalue weighted by atomic mass is 16.1. The molecule has 0 aliphatic heterocycles. The molecule has 0 amide bonds. The summed E-state index contributed by atoms with van der Waals surface area (Å²) >= 11 is 0. The highest BCUT2D eigenvalue weighted by Gasteiger charge is 2.17. The normalized spacial score (nSPS) is 10.8. The molecule has 3 rings (SSSR count). The van der Waals surface area contributed by atoms with Crippen molar-refractivity contribution in [3.63, 3.8) is 0 Å². The van der Waals surface area contributed by atoms with E-state index in [9.17, 15) is 4.79 Å². The van der Waals surface area contributed by atoms with Crippen molar-refractivity contribution < 1.29 is 4.79 Å². The zero-order valence-electron chi connectivity index (χ0n) is 12.4. The summed E-state index contributed by atoms with van der Waals surface area (Å²) in [5, 5.41) is 0. The molecule has 106 valence electrons. The first-order valence-corrected chi connectivity index (χ1v) is 6.85. The van der Waals surface area contributed by atoms with Crippen LogP contribution in [-0.4, -0.2) is 22.7 Å². The van der Waals surface area contributed by atoms with Crippen molar-refractivity contribution in [3.05, 3.63) is 59.4 Å². The molecule has 4 heteroatoms. The van der Waals surface area contributed by atoms with Crippen LogP contribution in [0.2, 0.25) is 0 Å². The number of nitrogens with zero attached hydrogens (tertiary/aromatic N) is 3. The highest BCUT2D eigenvalue weighted by Crippen LogP contribution is 2.29. The molecule has 2 aromatic heterocycles. The van der Waals surface area contributed by atoms with Gasteiger partial charge in [0.05, 0.1) is 0 Å². The van der Waals surface area contributed by atoms with Crippen molar-refractivity contribution in [2.24, 2.45) is 0 Å². The van der Waals surface area contributed by atoms with Gasteiger partial charge >= 0.3 is 0 Å². The number of imidazole rings is 1. The molecule has 4 nitrogen and oxygen atoms in total. The SMILES string of the molecule is Cc1ccc(N(C)c2nc3ccccn3c2C=O)c(C)c1. The Balaban J connectivity index is 2.17. The van der Waals surface area contributed by atoms with E-state index in [1.165, 1.54) is 5.56 Å². The minimum Gasteiger partial charge on any atom is -0.327 e. The van der Waals surface area contributed by atoms with Crippen LogP contribution in [0.1, 0.15) is 21.6 Å². The Hall–Kier alpha value is -2.62. The van der Waals surface area contributed by atoms with E-state index >= 15 is 0 Å². The van der Waals surface area contributed by atoms with Crippen LogP contribution in [0.4, 0.5) is 11.5 Å². The lowest BCUT2D eigenvalue weighted by Crippen LogP contribution is -2.13. The number of anilines is 2. The lowest BCUT2D eigenvalue weighted by Gasteiger charge is -2.20. The molecule has 0 saturated carbocycles. The molecule has 0 bridgehead atoms. The molecule has 3 aromatic rings. The van der Waals surface area contributed by atoms with Crippen LogP contribution >= 0.6 is 0 Å². The van der Waals surface area contributed by atoms with Gasteiger partial charge in [0.2, 0.25) is 0 Å². The Morgan fingerprint density at radius 3 is 2.71 bits per heavy atom. The van der Waals surface area contributed by atoms with E-state index in [1.54, 1.807) is 0 Å². The molecule has 21 heavy (non-hydrogen) atoms. The summed E-state index contributed by atoms with van der Waals surface area (Å²) in [6.45, 7) is 4.13. The minimum atomic E-state index is 0.563. The molecule has 0 radical (unpaired) electrons. The molecule has 0 atom stereocenters. The van der Waals surface area contributed by atoms with Gasteiger partial charge in [-0.25, -0.2) is 4.98 Å². The fourth-order valence-corrected chi connectivity index (χ4v) is 2.65. The molecule has 0 saturated heterocycles. The zero-order chi connectivity index (χ0) is 15.0. The van der Waals surface area contributed by atoms with E-state index in [4.69, 9.17) is 0 Å². The smallest absolute Gasteiger partial charge is 0.170 e. The van der Waals surface area contributed by atoms with Gasteiger partial charge in [-0.05, 0) is 37.6 Å². The fraction of sp³-hybridized carbons (Fsp3) is 0.176. The molecular formula is C17H17N3O. The molecular weight excluding hydrogens is 262 g/mol. The maximum absolute atomic E-state index is 11.5. The van der Waals surface area contributed by atoms with Crippen molar-refractivity contribution >= 4 is 23.4 Å². The van der Waals surface area contributed by atoms with E-state index in [2.05, 4.69) is 37.0 Å². The lowest BCUT2D eigenvalue weighted by molar-refractivity contribution is 0.111. The zero-order valence-corrected chi connectivity index (χ0v) is 12.4.